The molecule has 14 heavy (non-hydrogen) atoms. The highest BCUT2D eigenvalue weighted by Gasteiger charge is 2.01. The monoisotopic (exact) mass is 203 g/mol. The van der Waals surface area contributed by atoms with E-state index < -0.39 is 0 Å². The van der Waals surface area contributed by atoms with Gasteiger partial charge in [-0.25, -0.2) is 0 Å². The molecule has 0 saturated heterocycles. The predicted molar refractivity (Wildman–Crippen MR) is 65.0 cm³/mol. The molecule has 0 spiro atoms. The van der Waals surface area contributed by atoms with Gasteiger partial charge in [-0.3, -0.25) is 0 Å². The Labute approximate surface area is 89.3 Å². The van der Waals surface area contributed by atoms with Crippen LogP contribution in [0.25, 0.3) is 10.8 Å². The van der Waals surface area contributed by atoms with Crippen molar-refractivity contribution in [2.45, 2.75) is 18.2 Å². The number of aryl methyl sites for hydroxylation is 1. The molecule has 0 atom stereocenters. The fourth-order valence-electron chi connectivity index (χ4n) is 1.60. The van der Waals surface area contributed by atoms with Crippen molar-refractivity contribution in [3.05, 3.63) is 35.9 Å². The highest BCUT2D eigenvalue weighted by molar-refractivity contribution is 7.80. The summed E-state index contributed by atoms with van der Waals surface area (Å²) < 4.78 is 0. The summed E-state index contributed by atoms with van der Waals surface area (Å²) in [5.41, 5.74) is 7.86. The lowest BCUT2D eigenvalue weighted by molar-refractivity contribution is 1.15. The molecule has 0 radical (unpaired) electrons. The van der Waals surface area contributed by atoms with Crippen molar-refractivity contribution in [2.24, 2.45) is 0 Å². The standard InChI is InChI=1S/C12H13NS/c1-2-8-3-5-10-9(7-8)4-6-11(13)12(10)14/h3-7,14H,2,13H2,1H3. The van der Waals surface area contributed by atoms with Crippen molar-refractivity contribution in [1.29, 1.82) is 0 Å². The molecule has 0 amide bonds. The number of rotatable bonds is 1. The van der Waals surface area contributed by atoms with Crippen molar-refractivity contribution >= 4 is 29.1 Å². The number of fused-ring (bicyclic) bond motifs is 1. The fraction of sp³-hybridized carbons (Fsp3) is 0.167. The lowest BCUT2D eigenvalue weighted by atomic mass is 10.1. The van der Waals surface area contributed by atoms with Gasteiger partial charge < -0.3 is 5.73 Å². The third-order valence-electron chi connectivity index (χ3n) is 2.50. The first-order valence-corrected chi connectivity index (χ1v) is 5.17. The Morgan fingerprint density at radius 1 is 1.21 bits per heavy atom. The van der Waals surface area contributed by atoms with Gasteiger partial charge in [0.05, 0.1) is 0 Å². The zero-order valence-electron chi connectivity index (χ0n) is 8.12. The van der Waals surface area contributed by atoms with E-state index in [1.54, 1.807) is 0 Å². The maximum Gasteiger partial charge on any atom is 0.0456 e. The molecule has 2 N–H and O–H groups in total. The van der Waals surface area contributed by atoms with Gasteiger partial charge in [-0.2, -0.15) is 0 Å². The number of nitrogens with two attached hydrogens (primary N) is 1. The van der Waals surface area contributed by atoms with Crippen molar-refractivity contribution < 1.29 is 0 Å². The molecule has 2 aromatic rings. The SMILES string of the molecule is CCc1ccc2c(S)c(N)ccc2c1. The molecular formula is C12H13NS. The molecule has 0 aromatic heterocycles. The summed E-state index contributed by atoms with van der Waals surface area (Å²) in [4.78, 5) is 0.880. The molecule has 0 unspecified atom stereocenters. The maximum absolute atomic E-state index is 5.78. The first kappa shape index (κ1) is 9.41. The highest BCUT2D eigenvalue weighted by Crippen LogP contribution is 2.28. The fourth-order valence-corrected chi connectivity index (χ4v) is 1.88. The second-order valence-corrected chi connectivity index (χ2v) is 3.86. The molecule has 0 saturated carbocycles. The van der Waals surface area contributed by atoms with Crippen molar-refractivity contribution in [1.82, 2.24) is 0 Å². The zero-order chi connectivity index (χ0) is 10.1. The lowest BCUT2D eigenvalue weighted by Crippen LogP contribution is -1.88. The first-order valence-electron chi connectivity index (χ1n) is 4.72. The third-order valence-corrected chi connectivity index (χ3v) is 2.99. The number of nitrogen functional groups attached to an aromatic ring is 1. The van der Waals surface area contributed by atoms with Gasteiger partial charge in [-0.1, -0.05) is 31.2 Å². The van der Waals surface area contributed by atoms with Gasteiger partial charge in [-0.15, -0.1) is 12.6 Å². The van der Waals surface area contributed by atoms with Crippen LogP contribution in [0, 0.1) is 0 Å². The summed E-state index contributed by atoms with van der Waals surface area (Å²) in [5, 5.41) is 2.34. The van der Waals surface area contributed by atoms with E-state index in [1.165, 1.54) is 10.9 Å². The quantitative estimate of drug-likeness (QED) is 0.540. The van der Waals surface area contributed by atoms with Crippen LogP contribution in [0.1, 0.15) is 12.5 Å². The number of hydrogen-bond donors (Lipinski definition) is 2. The Balaban J connectivity index is 2.74. The van der Waals surface area contributed by atoms with Gasteiger partial charge >= 0.3 is 0 Å². The van der Waals surface area contributed by atoms with Crippen LogP contribution >= 0.6 is 12.6 Å². The largest absolute Gasteiger partial charge is 0.398 e. The van der Waals surface area contributed by atoms with E-state index in [9.17, 15) is 0 Å². The number of benzene rings is 2. The molecule has 2 heteroatoms. The lowest BCUT2D eigenvalue weighted by Gasteiger charge is -2.06. The molecule has 0 fully saturated rings. The summed E-state index contributed by atoms with van der Waals surface area (Å²) in [6, 6.07) is 10.4. The van der Waals surface area contributed by atoms with E-state index in [4.69, 9.17) is 5.73 Å². The highest BCUT2D eigenvalue weighted by atomic mass is 32.1. The van der Waals surface area contributed by atoms with E-state index in [1.807, 2.05) is 12.1 Å². The second-order valence-electron chi connectivity index (χ2n) is 3.41. The molecule has 2 aromatic carbocycles. The second kappa shape index (κ2) is 3.54. The molecule has 0 heterocycles. The van der Waals surface area contributed by atoms with Crippen LogP contribution in [0.4, 0.5) is 5.69 Å². The third kappa shape index (κ3) is 1.46. The van der Waals surface area contributed by atoms with Crippen LogP contribution < -0.4 is 5.73 Å². The van der Waals surface area contributed by atoms with Gasteiger partial charge in [0.1, 0.15) is 0 Å². The minimum Gasteiger partial charge on any atom is -0.398 e. The molecule has 0 aliphatic carbocycles. The van der Waals surface area contributed by atoms with Crippen molar-refractivity contribution in [2.75, 3.05) is 5.73 Å². The molecule has 2 rings (SSSR count). The van der Waals surface area contributed by atoms with Crippen molar-refractivity contribution in [3.8, 4) is 0 Å². The molecular weight excluding hydrogens is 190 g/mol. The number of anilines is 1. The molecule has 1 nitrogen and oxygen atoms in total. The topological polar surface area (TPSA) is 26.0 Å². The van der Waals surface area contributed by atoms with Crippen LogP contribution in [0.2, 0.25) is 0 Å². The normalized spacial score (nSPS) is 10.7. The van der Waals surface area contributed by atoms with Crippen LogP contribution in [0.3, 0.4) is 0 Å². The van der Waals surface area contributed by atoms with Gasteiger partial charge in [0, 0.05) is 10.6 Å². The molecule has 0 bridgehead atoms. The van der Waals surface area contributed by atoms with E-state index >= 15 is 0 Å². The first-order chi connectivity index (χ1) is 6.72. The van der Waals surface area contributed by atoms with Crippen LogP contribution in [-0.2, 0) is 6.42 Å². The van der Waals surface area contributed by atoms with Crippen LogP contribution in [-0.4, -0.2) is 0 Å². The molecule has 0 aliphatic heterocycles. The Bertz CT molecular complexity index is 477. The minimum absolute atomic E-state index is 0.741. The minimum atomic E-state index is 0.741. The Morgan fingerprint density at radius 3 is 2.71 bits per heavy atom. The van der Waals surface area contributed by atoms with E-state index in [-0.39, 0.29) is 0 Å². The number of thiol groups is 1. The number of hydrogen-bond acceptors (Lipinski definition) is 2. The Morgan fingerprint density at radius 2 is 2.00 bits per heavy atom. The Hall–Kier alpha value is -1.15. The van der Waals surface area contributed by atoms with Crippen molar-refractivity contribution in [3.63, 3.8) is 0 Å². The van der Waals surface area contributed by atoms with Gasteiger partial charge in [-0.05, 0) is 28.8 Å². The summed E-state index contributed by atoms with van der Waals surface area (Å²) in [6.45, 7) is 2.15. The maximum atomic E-state index is 5.78. The van der Waals surface area contributed by atoms with E-state index in [0.29, 0.717) is 0 Å². The van der Waals surface area contributed by atoms with Gasteiger partial charge in [0.15, 0.2) is 0 Å². The van der Waals surface area contributed by atoms with Gasteiger partial charge in [0.25, 0.3) is 0 Å². The molecule has 72 valence electrons. The summed E-state index contributed by atoms with van der Waals surface area (Å²) >= 11 is 4.40. The van der Waals surface area contributed by atoms with Crippen LogP contribution in [0.5, 0.6) is 0 Å². The predicted octanol–water partition coefficient (Wildman–Crippen LogP) is 3.27. The van der Waals surface area contributed by atoms with E-state index in [0.717, 1.165) is 22.4 Å². The summed E-state index contributed by atoms with van der Waals surface area (Å²) in [7, 11) is 0. The average molecular weight is 203 g/mol. The average Bonchev–Trinajstić information content (AvgIpc) is 2.23. The smallest absolute Gasteiger partial charge is 0.0456 e. The van der Waals surface area contributed by atoms with Gasteiger partial charge in [0.2, 0.25) is 0 Å². The summed E-state index contributed by atoms with van der Waals surface area (Å²) in [5.74, 6) is 0. The zero-order valence-corrected chi connectivity index (χ0v) is 9.01. The summed E-state index contributed by atoms with van der Waals surface area (Å²) in [6.07, 6.45) is 1.06. The van der Waals surface area contributed by atoms with Crippen LogP contribution in [0.15, 0.2) is 35.2 Å². The van der Waals surface area contributed by atoms with E-state index in [2.05, 4.69) is 37.8 Å². The molecule has 0 aliphatic rings. The Kier molecular flexibility index (Phi) is 2.38.